The summed E-state index contributed by atoms with van der Waals surface area (Å²) >= 11 is 0. The van der Waals surface area contributed by atoms with Crippen molar-refractivity contribution >= 4 is 0 Å². The van der Waals surface area contributed by atoms with Gasteiger partial charge < -0.3 is 30.3 Å². The van der Waals surface area contributed by atoms with Crippen LogP contribution in [-0.2, 0) is 4.74 Å². The van der Waals surface area contributed by atoms with E-state index >= 15 is 0 Å². The molecule has 196 valence electrons. The zero-order valence-electron chi connectivity index (χ0n) is 21.7. The number of rotatable bonds is 5. The van der Waals surface area contributed by atoms with Crippen molar-refractivity contribution in [1.82, 2.24) is 0 Å². The molecular formula is C28H48O6. The van der Waals surface area contributed by atoms with Gasteiger partial charge in [0.1, 0.15) is 6.10 Å². The van der Waals surface area contributed by atoms with Crippen LogP contribution in [-0.4, -0.2) is 62.8 Å². The summed E-state index contributed by atoms with van der Waals surface area (Å²) in [6, 6.07) is 0. The molecule has 0 aromatic heterocycles. The summed E-state index contributed by atoms with van der Waals surface area (Å²) in [7, 11) is 0. The van der Waals surface area contributed by atoms with Crippen LogP contribution < -0.4 is 0 Å². The van der Waals surface area contributed by atoms with Crippen molar-refractivity contribution in [3.63, 3.8) is 0 Å². The molecule has 3 saturated carbocycles. The standard InChI is InChI=1S/C28H48O6/c1-14(2)15(3)24(31)25(32)16(4)18-7-8-19-17-13-34-26(33)21-11-22(29)23(30)12-28(21,6)20(17)9-10-27(18,19)5/h14,16-26,29-33H,3,7-13H2,1-2,4-6H3/t16-,17?,18?,19?,20?,21?,22-,23+,24+,25+,26?,27+,28+/m0/s1. The van der Waals surface area contributed by atoms with Gasteiger partial charge in [-0.2, -0.15) is 0 Å². The maximum atomic E-state index is 11.1. The highest BCUT2D eigenvalue weighted by Crippen LogP contribution is 2.66. The van der Waals surface area contributed by atoms with Gasteiger partial charge in [-0.1, -0.05) is 41.2 Å². The quantitative estimate of drug-likeness (QED) is 0.387. The molecule has 13 atom stereocenters. The predicted molar refractivity (Wildman–Crippen MR) is 130 cm³/mol. The van der Waals surface area contributed by atoms with Gasteiger partial charge in [0.25, 0.3) is 0 Å². The Morgan fingerprint density at radius 2 is 1.56 bits per heavy atom. The van der Waals surface area contributed by atoms with Gasteiger partial charge in [0, 0.05) is 5.92 Å². The maximum absolute atomic E-state index is 11.1. The summed E-state index contributed by atoms with van der Waals surface area (Å²) in [6.07, 6.45) is 0.688. The molecule has 4 fully saturated rings. The Balaban J connectivity index is 1.58. The molecule has 0 aromatic rings. The molecular weight excluding hydrogens is 432 g/mol. The second kappa shape index (κ2) is 9.42. The molecule has 1 saturated heterocycles. The topological polar surface area (TPSA) is 110 Å². The van der Waals surface area contributed by atoms with Crippen molar-refractivity contribution in [2.24, 2.45) is 52.3 Å². The highest BCUT2D eigenvalue weighted by Gasteiger charge is 2.62. The summed E-state index contributed by atoms with van der Waals surface area (Å²) in [4.78, 5) is 0. The van der Waals surface area contributed by atoms with Crippen LogP contribution in [0.25, 0.3) is 0 Å². The lowest BCUT2D eigenvalue weighted by Gasteiger charge is -2.57. The summed E-state index contributed by atoms with van der Waals surface area (Å²) < 4.78 is 6.04. The second-order valence-corrected chi connectivity index (χ2v) is 13.0. The molecule has 4 rings (SSSR count). The summed E-state index contributed by atoms with van der Waals surface area (Å²) in [6.45, 7) is 15.1. The molecule has 3 aliphatic carbocycles. The molecule has 1 aliphatic heterocycles. The van der Waals surface area contributed by atoms with Crippen molar-refractivity contribution in [1.29, 1.82) is 0 Å². The first kappa shape index (κ1) is 26.6. The van der Waals surface area contributed by atoms with Crippen molar-refractivity contribution in [2.75, 3.05) is 6.61 Å². The van der Waals surface area contributed by atoms with E-state index < -0.39 is 30.7 Å². The largest absolute Gasteiger partial charge is 0.390 e. The Bertz CT molecular complexity index is 755. The van der Waals surface area contributed by atoms with E-state index in [1.54, 1.807) is 0 Å². The third kappa shape index (κ3) is 4.10. The molecule has 0 spiro atoms. The molecule has 4 aliphatic rings. The van der Waals surface area contributed by atoms with Crippen LogP contribution >= 0.6 is 0 Å². The van der Waals surface area contributed by atoms with Crippen LogP contribution in [0.3, 0.4) is 0 Å². The molecule has 34 heavy (non-hydrogen) atoms. The van der Waals surface area contributed by atoms with E-state index in [1.807, 2.05) is 13.8 Å². The van der Waals surface area contributed by atoms with Crippen LogP contribution in [0.1, 0.15) is 73.1 Å². The fourth-order valence-corrected chi connectivity index (χ4v) is 8.95. The Morgan fingerprint density at radius 3 is 2.21 bits per heavy atom. The average molecular weight is 481 g/mol. The number of fused-ring (bicyclic) bond motifs is 5. The predicted octanol–water partition coefficient (Wildman–Crippen LogP) is 3.10. The van der Waals surface area contributed by atoms with Gasteiger partial charge in [0.15, 0.2) is 6.29 Å². The van der Waals surface area contributed by atoms with Gasteiger partial charge in [0.2, 0.25) is 0 Å². The average Bonchev–Trinajstić information content (AvgIpc) is 3.09. The molecule has 0 radical (unpaired) electrons. The zero-order valence-corrected chi connectivity index (χ0v) is 21.7. The third-order valence-electron chi connectivity index (χ3n) is 11.2. The second-order valence-electron chi connectivity index (χ2n) is 13.0. The van der Waals surface area contributed by atoms with E-state index in [0.29, 0.717) is 42.8 Å². The Hall–Kier alpha value is -0.500. The normalized spacial score (nSPS) is 49.4. The highest BCUT2D eigenvalue weighted by molar-refractivity contribution is 5.12. The van der Waals surface area contributed by atoms with Crippen LogP contribution in [0.2, 0.25) is 0 Å². The first-order valence-corrected chi connectivity index (χ1v) is 13.5. The van der Waals surface area contributed by atoms with E-state index in [1.165, 1.54) is 0 Å². The minimum absolute atomic E-state index is 0.0255. The fourth-order valence-electron chi connectivity index (χ4n) is 8.95. The van der Waals surface area contributed by atoms with Crippen LogP contribution in [0, 0.1) is 52.3 Å². The van der Waals surface area contributed by atoms with Crippen LogP contribution in [0.4, 0.5) is 0 Å². The van der Waals surface area contributed by atoms with Gasteiger partial charge in [-0.3, -0.25) is 0 Å². The minimum atomic E-state index is -0.917. The van der Waals surface area contributed by atoms with Crippen molar-refractivity contribution in [2.45, 2.75) is 104 Å². The van der Waals surface area contributed by atoms with Crippen molar-refractivity contribution < 1.29 is 30.3 Å². The zero-order chi connectivity index (χ0) is 25.2. The SMILES string of the molecule is C=C(C(C)C)[C@@H](O)[C@H](O)[C@@H](C)C1CCC2C3COC(O)C4C[C@H](O)[C@H](O)C[C@]4(C)C3CC[C@@]21C. The first-order valence-electron chi connectivity index (χ1n) is 13.5. The monoisotopic (exact) mass is 480 g/mol. The molecule has 6 heteroatoms. The third-order valence-corrected chi connectivity index (χ3v) is 11.2. The van der Waals surface area contributed by atoms with E-state index in [2.05, 4.69) is 27.4 Å². The number of hydrogen-bond acceptors (Lipinski definition) is 6. The molecule has 6 nitrogen and oxygen atoms in total. The maximum Gasteiger partial charge on any atom is 0.157 e. The molecule has 0 aromatic carbocycles. The number of hydrogen-bond donors (Lipinski definition) is 5. The van der Waals surface area contributed by atoms with Gasteiger partial charge in [0.05, 0.1) is 24.9 Å². The molecule has 6 unspecified atom stereocenters. The van der Waals surface area contributed by atoms with Gasteiger partial charge in [-0.25, -0.2) is 0 Å². The lowest BCUT2D eigenvalue weighted by molar-refractivity contribution is -0.189. The molecule has 1 heterocycles. The Morgan fingerprint density at radius 1 is 0.912 bits per heavy atom. The fraction of sp³-hybridized carbons (Fsp3) is 0.929. The summed E-state index contributed by atoms with van der Waals surface area (Å²) in [5.41, 5.74) is 0.429. The van der Waals surface area contributed by atoms with E-state index in [-0.39, 0.29) is 34.5 Å². The number of aliphatic hydroxyl groups is 5. The smallest absolute Gasteiger partial charge is 0.157 e. The minimum Gasteiger partial charge on any atom is -0.390 e. The van der Waals surface area contributed by atoms with Gasteiger partial charge in [-0.05, 0) is 90.4 Å². The van der Waals surface area contributed by atoms with Crippen LogP contribution in [0.5, 0.6) is 0 Å². The lowest BCUT2D eigenvalue weighted by atomic mass is 9.48. The van der Waals surface area contributed by atoms with Gasteiger partial charge in [-0.15, -0.1) is 0 Å². The van der Waals surface area contributed by atoms with Crippen molar-refractivity contribution in [3.05, 3.63) is 12.2 Å². The molecule has 5 N–H and O–H groups in total. The number of ether oxygens (including phenoxy) is 1. The van der Waals surface area contributed by atoms with Crippen molar-refractivity contribution in [3.8, 4) is 0 Å². The lowest BCUT2D eigenvalue weighted by Crippen LogP contribution is -2.55. The van der Waals surface area contributed by atoms with E-state index in [4.69, 9.17) is 4.74 Å². The van der Waals surface area contributed by atoms with E-state index in [0.717, 1.165) is 25.7 Å². The summed E-state index contributed by atoms with van der Waals surface area (Å²) in [5, 5.41) is 53.7. The Labute approximate surface area is 205 Å². The van der Waals surface area contributed by atoms with Gasteiger partial charge >= 0.3 is 0 Å². The summed E-state index contributed by atoms with van der Waals surface area (Å²) in [5.74, 6) is 1.18. The number of aliphatic hydroxyl groups excluding tert-OH is 5. The molecule has 0 amide bonds. The van der Waals surface area contributed by atoms with Crippen LogP contribution in [0.15, 0.2) is 12.2 Å². The Kier molecular flexibility index (Phi) is 7.36. The first-order chi connectivity index (χ1) is 15.8. The highest BCUT2D eigenvalue weighted by atomic mass is 16.6. The van der Waals surface area contributed by atoms with E-state index in [9.17, 15) is 25.5 Å². The molecule has 0 bridgehead atoms.